The first-order valence-electron chi connectivity index (χ1n) is 15.1. The van der Waals surface area contributed by atoms with Gasteiger partial charge in [0.1, 0.15) is 5.75 Å². The number of anilines is 1. The maximum absolute atomic E-state index is 14.2. The molecule has 0 saturated heterocycles. The van der Waals surface area contributed by atoms with Crippen LogP contribution in [0.25, 0.3) is 0 Å². The summed E-state index contributed by atoms with van der Waals surface area (Å²) in [5, 5.41) is 15.7. The van der Waals surface area contributed by atoms with E-state index in [0.29, 0.717) is 35.7 Å². The minimum atomic E-state index is -0.509. The van der Waals surface area contributed by atoms with Crippen LogP contribution in [0.5, 0.6) is 5.75 Å². The van der Waals surface area contributed by atoms with Crippen molar-refractivity contribution in [3.8, 4) is 5.75 Å². The van der Waals surface area contributed by atoms with Crippen molar-refractivity contribution >= 4 is 23.5 Å². The Bertz CT molecular complexity index is 1210. The van der Waals surface area contributed by atoms with Crippen LogP contribution in [0.1, 0.15) is 74.6 Å². The van der Waals surface area contributed by atoms with E-state index in [-0.39, 0.29) is 55.2 Å². The highest BCUT2D eigenvalue weighted by molar-refractivity contribution is 5.99. The molecule has 4 atom stereocenters. The number of ether oxygens (including phenoxy) is 2. The molecule has 0 unspecified atom stereocenters. The molecule has 0 spiro atoms. The van der Waals surface area contributed by atoms with Gasteiger partial charge in [0.15, 0.2) is 0 Å². The van der Waals surface area contributed by atoms with E-state index in [1.807, 2.05) is 27.7 Å². The van der Waals surface area contributed by atoms with Crippen molar-refractivity contribution in [2.75, 3.05) is 38.7 Å². The van der Waals surface area contributed by atoms with Crippen LogP contribution in [0, 0.1) is 5.92 Å². The van der Waals surface area contributed by atoms with Gasteiger partial charge in [0.05, 0.1) is 30.4 Å². The summed E-state index contributed by atoms with van der Waals surface area (Å²) < 4.78 is 12.6. The number of nitrogens with zero attached hydrogens (tertiary/aromatic N) is 3. The first-order chi connectivity index (χ1) is 20.5. The molecule has 0 radical (unpaired) electrons. The Kier molecular flexibility index (Phi) is 12.8. The average Bonchev–Trinajstić information content (AvgIpc) is 2.98. The molecule has 0 bridgehead atoms. The number of hydrogen-bond donors (Lipinski definition) is 3. The molecule has 1 aromatic heterocycles. The second-order valence-electron chi connectivity index (χ2n) is 11.7. The molecule has 11 heteroatoms. The topological polar surface area (TPSA) is 133 Å². The third-order valence-electron chi connectivity index (χ3n) is 7.46. The van der Waals surface area contributed by atoms with Gasteiger partial charge >= 0.3 is 6.03 Å². The van der Waals surface area contributed by atoms with E-state index >= 15 is 0 Å². The number of pyridine rings is 1. The van der Waals surface area contributed by atoms with Crippen molar-refractivity contribution < 1.29 is 29.0 Å². The third-order valence-corrected chi connectivity index (χ3v) is 7.46. The fraction of sp³-hybridized carbons (Fsp3) is 0.562. The highest BCUT2D eigenvalue weighted by Gasteiger charge is 2.31. The lowest BCUT2D eigenvalue weighted by Crippen LogP contribution is -2.48. The van der Waals surface area contributed by atoms with Crippen LogP contribution in [0.3, 0.4) is 0 Å². The molecule has 0 fully saturated rings. The minimum absolute atomic E-state index is 0.0558. The van der Waals surface area contributed by atoms with Gasteiger partial charge in [0.2, 0.25) is 0 Å². The number of amides is 4. The zero-order valence-corrected chi connectivity index (χ0v) is 26.2. The number of aliphatic hydroxyl groups excluding tert-OH is 1. The third kappa shape index (κ3) is 9.93. The van der Waals surface area contributed by atoms with E-state index in [2.05, 4.69) is 15.6 Å². The number of fused-ring (bicyclic) bond motifs is 1. The van der Waals surface area contributed by atoms with Crippen LogP contribution in [-0.2, 0) is 4.74 Å². The normalized spacial score (nSPS) is 20.8. The van der Waals surface area contributed by atoms with E-state index in [9.17, 15) is 19.5 Å². The molecule has 4 amide bonds. The lowest BCUT2D eigenvalue weighted by Gasteiger charge is -2.36. The average molecular weight is 598 g/mol. The Labute approximate surface area is 254 Å². The summed E-state index contributed by atoms with van der Waals surface area (Å²) in [5.41, 5.74) is 1.28. The second kappa shape index (κ2) is 16.2. The summed E-state index contributed by atoms with van der Waals surface area (Å²) >= 11 is 0. The Morgan fingerprint density at radius 3 is 2.53 bits per heavy atom. The zero-order chi connectivity index (χ0) is 31.5. The van der Waals surface area contributed by atoms with Crippen LogP contribution in [-0.4, -0.2) is 95.4 Å². The van der Waals surface area contributed by atoms with Gasteiger partial charge in [-0.15, -0.1) is 0 Å². The van der Waals surface area contributed by atoms with Gasteiger partial charge in [-0.05, 0) is 77.3 Å². The predicted molar refractivity (Wildman–Crippen MR) is 165 cm³/mol. The SMILES string of the molecule is CC(C)NC(=O)Nc1ccc2c(c1)C(=O)N([C@H](C)CO)C[C@@H](C)[C@H](CN(C)C(=O)c1ccncc1)OCCCC[C@@H](C)O2. The highest BCUT2D eigenvalue weighted by atomic mass is 16.5. The largest absolute Gasteiger partial charge is 0.490 e. The van der Waals surface area contributed by atoms with Gasteiger partial charge < -0.3 is 35.0 Å². The Hall–Kier alpha value is -3.70. The van der Waals surface area contributed by atoms with Crippen molar-refractivity contribution in [2.24, 2.45) is 5.92 Å². The maximum Gasteiger partial charge on any atom is 0.319 e. The zero-order valence-electron chi connectivity index (χ0n) is 26.2. The van der Waals surface area contributed by atoms with Gasteiger partial charge in [-0.3, -0.25) is 14.6 Å². The number of benzene rings is 1. The van der Waals surface area contributed by atoms with Crippen molar-refractivity contribution in [1.29, 1.82) is 0 Å². The molecular weight excluding hydrogens is 550 g/mol. The van der Waals surface area contributed by atoms with Gasteiger partial charge in [-0.2, -0.15) is 0 Å². The molecular formula is C32H47N5O6. The first kappa shape index (κ1) is 33.8. The molecule has 0 aliphatic carbocycles. The van der Waals surface area contributed by atoms with Gasteiger partial charge in [-0.1, -0.05) is 6.92 Å². The van der Waals surface area contributed by atoms with Gasteiger partial charge in [0.25, 0.3) is 11.8 Å². The van der Waals surface area contributed by atoms with Crippen LogP contribution in [0.2, 0.25) is 0 Å². The number of likely N-dealkylation sites (N-methyl/N-ethyl adjacent to an activating group) is 1. The number of nitrogens with one attached hydrogen (secondary N) is 2. The summed E-state index contributed by atoms with van der Waals surface area (Å²) in [7, 11) is 1.74. The Morgan fingerprint density at radius 1 is 1.14 bits per heavy atom. The van der Waals surface area contributed by atoms with E-state index in [1.165, 1.54) is 0 Å². The van der Waals surface area contributed by atoms with Crippen molar-refractivity contribution in [2.45, 2.75) is 78.2 Å². The molecule has 2 aromatic rings. The van der Waals surface area contributed by atoms with E-state index in [1.54, 1.807) is 66.5 Å². The van der Waals surface area contributed by atoms with Crippen LogP contribution < -0.4 is 15.4 Å². The molecule has 3 rings (SSSR count). The van der Waals surface area contributed by atoms with E-state index < -0.39 is 6.04 Å². The smallest absolute Gasteiger partial charge is 0.319 e. The number of carbonyl (C=O) groups is 3. The summed E-state index contributed by atoms with van der Waals surface area (Å²) in [6.45, 7) is 10.3. The molecule has 3 N–H and O–H groups in total. The lowest BCUT2D eigenvalue weighted by molar-refractivity contribution is -0.0149. The Morgan fingerprint density at radius 2 is 1.86 bits per heavy atom. The number of hydrogen-bond acceptors (Lipinski definition) is 7. The second-order valence-corrected chi connectivity index (χ2v) is 11.7. The van der Waals surface area contributed by atoms with E-state index in [4.69, 9.17) is 9.47 Å². The number of urea groups is 1. The van der Waals surface area contributed by atoms with Crippen molar-refractivity contribution in [1.82, 2.24) is 20.1 Å². The van der Waals surface area contributed by atoms with Crippen LogP contribution in [0.4, 0.5) is 10.5 Å². The maximum atomic E-state index is 14.2. The molecule has 1 aromatic carbocycles. The fourth-order valence-corrected chi connectivity index (χ4v) is 4.96. The van der Waals surface area contributed by atoms with Crippen LogP contribution >= 0.6 is 0 Å². The number of rotatable bonds is 7. The quantitative estimate of drug-likeness (QED) is 0.436. The first-order valence-corrected chi connectivity index (χ1v) is 15.1. The molecule has 0 saturated carbocycles. The summed E-state index contributed by atoms with van der Waals surface area (Å²) in [6.07, 6.45) is 5.07. The summed E-state index contributed by atoms with van der Waals surface area (Å²) in [4.78, 5) is 46.9. The summed E-state index contributed by atoms with van der Waals surface area (Å²) in [6, 6.07) is 7.45. The summed E-state index contributed by atoms with van der Waals surface area (Å²) in [5.74, 6) is -0.242. The fourth-order valence-electron chi connectivity index (χ4n) is 4.96. The lowest BCUT2D eigenvalue weighted by atomic mass is 10.0. The molecule has 1 aliphatic heterocycles. The standard InChI is InChI=1S/C32H47N5O6/c1-21(2)34-32(41)35-26-10-11-28-27(17-26)31(40)37(23(4)20-38)18-22(3)29(42-16-8-7-9-24(5)43-28)19-36(6)30(39)25-12-14-33-15-13-25/h10-15,17,21-24,29,38H,7-9,16,18-20H2,1-6H3,(H2,34,35,41)/t22-,23-,24-,29+/m1/s1. The van der Waals surface area contributed by atoms with Crippen molar-refractivity contribution in [3.05, 3.63) is 53.9 Å². The van der Waals surface area contributed by atoms with E-state index in [0.717, 1.165) is 19.3 Å². The number of aromatic nitrogens is 1. The molecule has 43 heavy (non-hydrogen) atoms. The monoisotopic (exact) mass is 597 g/mol. The van der Waals surface area contributed by atoms with Crippen LogP contribution in [0.15, 0.2) is 42.7 Å². The number of aliphatic hydroxyl groups is 1. The molecule has 236 valence electrons. The molecule has 11 nitrogen and oxygen atoms in total. The Balaban J connectivity index is 1.93. The molecule has 2 heterocycles. The number of carbonyl (C=O) groups excluding carboxylic acids is 3. The minimum Gasteiger partial charge on any atom is -0.490 e. The predicted octanol–water partition coefficient (Wildman–Crippen LogP) is 4.18. The van der Waals surface area contributed by atoms with Gasteiger partial charge in [-0.25, -0.2) is 4.79 Å². The van der Waals surface area contributed by atoms with Gasteiger partial charge in [0, 0.05) is 62.3 Å². The molecule has 1 aliphatic rings. The highest BCUT2D eigenvalue weighted by Crippen LogP contribution is 2.28. The van der Waals surface area contributed by atoms with Crippen molar-refractivity contribution in [3.63, 3.8) is 0 Å².